The van der Waals surface area contributed by atoms with Crippen molar-refractivity contribution < 1.29 is 4.74 Å². The van der Waals surface area contributed by atoms with Crippen LogP contribution in [0.1, 0.15) is 26.3 Å². The summed E-state index contributed by atoms with van der Waals surface area (Å²) in [5.74, 6) is 0. The highest BCUT2D eigenvalue weighted by molar-refractivity contribution is 5.88. The van der Waals surface area contributed by atoms with Gasteiger partial charge in [0.1, 0.15) is 0 Å². The molecule has 3 aromatic rings. The molecule has 132 valence electrons. The molecule has 25 heavy (non-hydrogen) atoms. The van der Waals surface area contributed by atoms with Gasteiger partial charge in [-0.3, -0.25) is 4.98 Å². The van der Waals surface area contributed by atoms with E-state index in [1.54, 1.807) is 0 Å². The molecular weight excluding hydrogens is 310 g/mol. The Morgan fingerprint density at radius 1 is 1.08 bits per heavy atom. The van der Waals surface area contributed by atoms with Crippen LogP contribution >= 0.6 is 0 Å². The van der Waals surface area contributed by atoms with Gasteiger partial charge in [-0.1, -0.05) is 12.1 Å². The zero-order valence-electron chi connectivity index (χ0n) is 15.3. The molecule has 0 aliphatic rings. The number of pyridine rings is 1. The summed E-state index contributed by atoms with van der Waals surface area (Å²) in [5, 5.41) is 1.28. The first-order valence-corrected chi connectivity index (χ1v) is 8.84. The zero-order valence-corrected chi connectivity index (χ0v) is 15.3. The number of ether oxygens (including phenoxy) is 1. The van der Waals surface area contributed by atoms with Crippen molar-refractivity contribution >= 4 is 10.9 Å². The Morgan fingerprint density at radius 3 is 2.52 bits per heavy atom. The zero-order chi connectivity index (χ0) is 17.9. The SMILES string of the molecule is CC(C)(C)OCCn1cc(CCN)c2ccc(-c3ccncc3)cc21. The van der Waals surface area contributed by atoms with Gasteiger partial charge in [0.05, 0.1) is 12.2 Å². The van der Waals surface area contributed by atoms with Crippen molar-refractivity contribution in [1.82, 2.24) is 9.55 Å². The van der Waals surface area contributed by atoms with E-state index < -0.39 is 0 Å². The molecular formula is C21H27N3O. The molecule has 0 aliphatic carbocycles. The van der Waals surface area contributed by atoms with Gasteiger partial charge in [0, 0.05) is 36.0 Å². The molecule has 0 bridgehead atoms. The number of nitrogens with zero attached hydrogens (tertiary/aromatic N) is 2. The van der Waals surface area contributed by atoms with Crippen molar-refractivity contribution in [2.24, 2.45) is 5.73 Å². The molecule has 0 unspecified atom stereocenters. The fourth-order valence-electron chi connectivity index (χ4n) is 3.08. The summed E-state index contributed by atoms with van der Waals surface area (Å²) < 4.78 is 8.20. The molecule has 4 heteroatoms. The van der Waals surface area contributed by atoms with Crippen molar-refractivity contribution in [2.75, 3.05) is 13.2 Å². The Bertz CT molecular complexity index is 831. The number of rotatable bonds is 6. The Kier molecular flexibility index (Phi) is 5.21. The second kappa shape index (κ2) is 7.38. The lowest BCUT2D eigenvalue weighted by Crippen LogP contribution is -2.21. The predicted molar refractivity (Wildman–Crippen MR) is 104 cm³/mol. The van der Waals surface area contributed by atoms with Crippen LogP contribution < -0.4 is 5.73 Å². The summed E-state index contributed by atoms with van der Waals surface area (Å²) >= 11 is 0. The molecule has 2 aromatic heterocycles. The van der Waals surface area contributed by atoms with Crippen molar-refractivity contribution in [3.05, 3.63) is 54.5 Å². The first kappa shape index (κ1) is 17.6. The van der Waals surface area contributed by atoms with Crippen LogP contribution in [-0.2, 0) is 17.7 Å². The smallest absolute Gasteiger partial charge is 0.0652 e. The van der Waals surface area contributed by atoms with Gasteiger partial charge in [0.2, 0.25) is 0 Å². The predicted octanol–water partition coefficient (Wildman–Crippen LogP) is 4.02. The maximum atomic E-state index is 5.91. The number of benzene rings is 1. The summed E-state index contributed by atoms with van der Waals surface area (Å²) in [4.78, 5) is 4.11. The lowest BCUT2D eigenvalue weighted by Gasteiger charge is -2.19. The molecule has 0 amide bonds. The first-order chi connectivity index (χ1) is 12.0. The van der Waals surface area contributed by atoms with E-state index in [9.17, 15) is 0 Å². The van der Waals surface area contributed by atoms with E-state index in [1.165, 1.54) is 27.6 Å². The van der Waals surface area contributed by atoms with Crippen molar-refractivity contribution in [1.29, 1.82) is 0 Å². The monoisotopic (exact) mass is 337 g/mol. The number of hydrogen-bond donors (Lipinski definition) is 1. The Balaban J connectivity index is 1.96. The van der Waals surface area contributed by atoms with Gasteiger partial charge in [-0.25, -0.2) is 0 Å². The molecule has 1 aromatic carbocycles. The highest BCUT2D eigenvalue weighted by Crippen LogP contribution is 2.28. The molecule has 0 radical (unpaired) electrons. The molecule has 0 aliphatic heterocycles. The highest BCUT2D eigenvalue weighted by Gasteiger charge is 2.12. The molecule has 0 saturated heterocycles. The van der Waals surface area contributed by atoms with Gasteiger partial charge < -0.3 is 15.0 Å². The molecule has 0 spiro atoms. The third kappa shape index (κ3) is 4.27. The maximum Gasteiger partial charge on any atom is 0.0652 e. The molecule has 0 atom stereocenters. The van der Waals surface area contributed by atoms with Crippen LogP contribution in [0.3, 0.4) is 0 Å². The average Bonchev–Trinajstić information content (AvgIpc) is 2.92. The summed E-state index contributed by atoms with van der Waals surface area (Å²) in [6.07, 6.45) is 6.77. The van der Waals surface area contributed by atoms with Crippen LogP contribution in [0.15, 0.2) is 48.9 Å². The third-order valence-electron chi connectivity index (χ3n) is 4.26. The van der Waals surface area contributed by atoms with E-state index in [2.05, 4.69) is 54.7 Å². The lowest BCUT2D eigenvalue weighted by molar-refractivity contribution is -0.00645. The van der Waals surface area contributed by atoms with Gasteiger partial charge in [0.25, 0.3) is 0 Å². The standard InChI is InChI=1S/C21H27N3O/c1-21(2,3)25-13-12-24-15-18(6-9-22)19-5-4-17(14-20(19)24)16-7-10-23-11-8-16/h4-5,7-8,10-11,14-15H,6,9,12-13,22H2,1-3H3. The Hall–Kier alpha value is -2.17. The van der Waals surface area contributed by atoms with Crippen molar-refractivity contribution in [3.8, 4) is 11.1 Å². The van der Waals surface area contributed by atoms with Crippen molar-refractivity contribution in [3.63, 3.8) is 0 Å². The van der Waals surface area contributed by atoms with Crippen molar-refractivity contribution in [2.45, 2.75) is 39.3 Å². The average molecular weight is 337 g/mol. The summed E-state index contributed by atoms with van der Waals surface area (Å²) in [5.41, 5.74) is 10.6. The fourth-order valence-corrected chi connectivity index (χ4v) is 3.08. The van der Waals surface area contributed by atoms with Gasteiger partial charge >= 0.3 is 0 Å². The third-order valence-corrected chi connectivity index (χ3v) is 4.26. The van der Waals surface area contributed by atoms with Gasteiger partial charge in [-0.05, 0) is 68.6 Å². The molecule has 4 nitrogen and oxygen atoms in total. The van der Waals surface area contributed by atoms with Gasteiger partial charge in [-0.2, -0.15) is 0 Å². The largest absolute Gasteiger partial charge is 0.374 e. The molecule has 2 N–H and O–H groups in total. The number of aromatic nitrogens is 2. The van der Waals surface area contributed by atoms with E-state index in [1.807, 2.05) is 24.5 Å². The van der Waals surface area contributed by atoms with Crippen LogP contribution in [0.2, 0.25) is 0 Å². The number of hydrogen-bond acceptors (Lipinski definition) is 3. The van der Waals surface area contributed by atoms with Crippen LogP contribution in [0.5, 0.6) is 0 Å². The first-order valence-electron chi connectivity index (χ1n) is 8.84. The van der Waals surface area contributed by atoms with E-state index >= 15 is 0 Å². The lowest BCUT2D eigenvalue weighted by atomic mass is 10.0. The topological polar surface area (TPSA) is 53.1 Å². The quantitative estimate of drug-likeness (QED) is 0.739. The van der Waals surface area contributed by atoms with Crippen LogP contribution in [-0.4, -0.2) is 28.3 Å². The van der Waals surface area contributed by atoms with Crippen LogP contribution in [0, 0.1) is 0 Å². The molecule has 2 heterocycles. The van der Waals surface area contributed by atoms with Crippen LogP contribution in [0.4, 0.5) is 0 Å². The van der Waals surface area contributed by atoms with Gasteiger partial charge in [0.15, 0.2) is 0 Å². The second-order valence-corrected chi connectivity index (χ2v) is 7.32. The van der Waals surface area contributed by atoms with Crippen LogP contribution in [0.25, 0.3) is 22.0 Å². The minimum absolute atomic E-state index is 0.120. The van der Waals surface area contributed by atoms with E-state index in [-0.39, 0.29) is 5.60 Å². The number of fused-ring (bicyclic) bond motifs is 1. The minimum Gasteiger partial charge on any atom is -0.374 e. The van der Waals surface area contributed by atoms with E-state index in [4.69, 9.17) is 10.5 Å². The van der Waals surface area contributed by atoms with E-state index in [0.29, 0.717) is 13.2 Å². The minimum atomic E-state index is -0.120. The summed E-state index contributed by atoms with van der Waals surface area (Å²) in [7, 11) is 0. The summed E-state index contributed by atoms with van der Waals surface area (Å²) in [6, 6.07) is 10.7. The Morgan fingerprint density at radius 2 is 1.84 bits per heavy atom. The Labute approximate surface area is 149 Å². The maximum absolute atomic E-state index is 5.91. The molecule has 0 saturated carbocycles. The fraction of sp³-hybridized carbons (Fsp3) is 0.381. The van der Waals surface area contributed by atoms with Gasteiger partial charge in [-0.15, -0.1) is 0 Å². The highest BCUT2D eigenvalue weighted by atomic mass is 16.5. The molecule has 0 fully saturated rings. The normalized spacial score (nSPS) is 12.0. The second-order valence-electron chi connectivity index (χ2n) is 7.32. The van der Waals surface area contributed by atoms with E-state index in [0.717, 1.165) is 13.0 Å². The number of nitrogens with two attached hydrogens (primary N) is 1. The summed E-state index contributed by atoms with van der Waals surface area (Å²) in [6.45, 7) is 8.43. The molecule has 3 rings (SSSR count).